The smallest absolute Gasteiger partial charge is 0.326 e. The van der Waals surface area contributed by atoms with Gasteiger partial charge in [-0.1, -0.05) is 42.5 Å². The highest BCUT2D eigenvalue weighted by Crippen LogP contribution is 2.29. The summed E-state index contributed by atoms with van der Waals surface area (Å²) in [7, 11) is 0. The van der Waals surface area contributed by atoms with Crippen molar-refractivity contribution in [1.29, 1.82) is 0 Å². The predicted octanol–water partition coefficient (Wildman–Crippen LogP) is 7.01. The van der Waals surface area contributed by atoms with E-state index in [-0.39, 0.29) is 19.4 Å². The van der Waals surface area contributed by atoms with E-state index in [0.29, 0.717) is 46.8 Å². The van der Waals surface area contributed by atoms with Gasteiger partial charge in [-0.15, -0.1) is 0 Å². The zero-order valence-corrected chi connectivity index (χ0v) is 31.4. The first-order valence-electron chi connectivity index (χ1n) is 16.9. The lowest BCUT2D eigenvalue weighted by Gasteiger charge is -2.24. The third kappa shape index (κ3) is 12.2. The summed E-state index contributed by atoms with van der Waals surface area (Å²) in [5, 5.41) is 24.5. The molecule has 4 N–H and O–H groups in total. The van der Waals surface area contributed by atoms with Crippen LogP contribution in [0.25, 0.3) is 11.1 Å². The Labute approximate surface area is 316 Å². The van der Waals surface area contributed by atoms with Crippen molar-refractivity contribution >= 4 is 47.3 Å². The monoisotopic (exact) mass is 763 g/mol. The number of carboxylic acids is 2. The van der Waals surface area contributed by atoms with E-state index in [1.165, 1.54) is 35.7 Å². The molecule has 0 aliphatic rings. The van der Waals surface area contributed by atoms with Gasteiger partial charge in [0.1, 0.15) is 23.7 Å². The van der Waals surface area contributed by atoms with Gasteiger partial charge in [-0.3, -0.25) is 14.5 Å². The molecule has 0 heterocycles. The van der Waals surface area contributed by atoms with Crippen LogP contribution in [-0.4, -0.2) is 75.0 Å². The summed E-state index contributed by atoms with van der Waals surface area (Å²) in [4.78, 5) is 52.0. The van der Waals surface area contributed by atoms with Crippen LogP contribution in [0.3, 0.4) is 0 Å². The molecule has 4 rings (SSSR count). The number of halogens is 2. The maximum absolute atomic E-state index is 14.3. The van der Waals surface area contributed by atoms with Crippen LogP contribution in [0.1, 0.15) is 55.8 Å². The van der Waals surface area contributed by atoms with Gasteiger partial charge >= 0.3 is 11.9 Å². The number of carboxylic acid groups (broad SMARTS) is 2. The van der Waals surface area contributed by atoms with Crippen molar-refractivity contribution in [3.05, 3.63) is 130 Å². The molecule has 0 bridgehead atoms. The number of aliphatic carboxylic acids is 2. The Balaban J connectivity index is 1.65. The van der Waals surface area contributed by atoms with Gasteiger partial charge in [0.05, 0.1) is 0 Å². The fraction of sp³-hybridized carbons (Fsp3) is 0.300. The van der Waals surface area contributed by atoms with Crippen LogP contribution in [0, 0.1) is 18.6 Å². The number of benzene rings is 4. The van der Waals surface area contributed by atoms with E-state index in [0.717, 1.165) is 28.3 Å². The number of hydrogen-bond donors (Lipinski definition) is 4. The van der Waals surface area contributed by atoms with Crippen LogP contribution < -0.4 is 10.6 Å². The molecule has 0 aliphatic carbocycles. The lowest BCUT2D eigenvalue weighted by Crippen LogP contribution is -2.41. The minimum atomic E-state index is -1.12. The molecule has 53 heavy (non-hydrogen) atoms. The zero-order valence-electron chi connectivity index (χ0n) is 29.7. The Hall–Kier alpha value is -4.72. The summed E-state index contributed by atoms with van der Waals surface area (Å²) >= 11 is 2.98. The second-order valence-corrected chi connectivity index (χ2v) is 14.6. The van der Waals surface area contributed by atoms with Crippen LogP contribution in [-0.2, 0) is 29.2 Å². The number of nitrogens with zero attached hydrogens (tertiary/aromatic N) is 1. The molecule has 4 aromatic carbocycles. The largest absolute Gasteiger partial charge is 0.480 e. The van der Waals surface area contributed by atoms with Gasteiger partial charge in [-0.2, -0.15) is 23.5 Å². The summed E-state index contributed by atoms with van der Waals surface area (Å²) in [5.41, 5.74) is 4.89. The molecule has 9 nitrogen and oxygen atoms in total. The second-order valence-electron chi connectivity index (χ2n) is 12.6. The van der Waals surface area contributed by atoms with E-state index >= 15 is 0 Å². The van der Waals surface area contributed by atoms with E-state index in [4.69, 9.17) is 0 Å². The highest BCUT2D eigenvalue weighted by atomic mass is 32.2. The van der Waals surface area contributed by atoms with Crippen molar-refractivity contribution < 1.29 is 38.2 Å². The predicted molar refractivity (Wildman–Crippen MR) is 206 cm³/mol. The topological polar surface area (TPSA) is 136 Å². The number of hydrogen-bond acceptors (Lipinski definition) is 7. The Kier molecular flexibility index (Phi) is 15.4. The van der Waals surface area contributed by atoms with Crippen LogP contribution in [0.5, 0.6) is 0 Å². The molecular weight excluding hydrogens is 721 g/mol. The fourth-order valence-electron chi connectivity index (χ4n) is 5.86. The van der Waals surface area contributed by atoms with Crippen LogP contribution in [0.4, 0.5) is 8.78 Å². The van der Waals surface area contributed by atoms with E-state index in [9.17, 15) is 38.2 Å². The van der Waals surface area contributed by atoms with Crippen molar-refractivity contribution in [2.75, 3.05) is 24.0 Å². The normalized spacial score (nSPS) is 12.3. The first-order valence-corrected chi connectivity index (χ1v) is 19.7. The number of carbonyl (C=O) groups is 4. The summed E-state index contributed by atoms with van der Waals surface area (Å²) in [6.07, 6.45) is 4.28. The van der Waals surface area contributed by atoms with E-state index < -0.39 is 47.5 Å². The number of aryl methyl sites for hydroxylation is 1. The Morgan fingerprint density at radius 2 is 1.19 bits per heavy atom. The van der Waals surface area contributed by atoms with Gasteiger partial charge < -0.3 is 20.8 Å². The molecule has 0 radical (unpaired) electrons. The molecule has 4 aromatic rings. The highest BCUT2D eigenvalue weighted by Gasteiger charge is 2.24. The molecule has 0 fully saturated rings. The maximum atomic E-state index is 14.3. The molecule has 0 aromatic heterocycles. The van der Waals surface area contributed by atoms with Crippen molar-refractivity contribution in [3.63, 3.8) is 0 Å². The molecule has 0 saturated heterocycles. The third-order valence-corrected chi connectivity index (χ3v) is 9.84. The standard InChI is InChI=1S/C40H43F2N3O6S2/c1-25-6-4-5-7-32(25)34-20-27(10-13-33(34)38(47)44-36(40(50)51)15-17-53-3)23-45(24-28-18-30(41)21-31(42)19-28)22-26-8-11-29(12-9-26)37(46)43-35(39(48)49)14-16-52-2/h4-13,18-21,35-36H,14-17,22-24H2,1-3H3,(H,43,46)(H,44,47)(H,48,49)(H,50,51)/t35-,36-/m0/s1. The highest BCUT2D eigenvalue weighted by molar-refractivity contribution is 7.98. The van der Waals surface area contributed by atoms with Gasteiger partial charge in [0, 0.05) is 36.8 Å². The van der Waals surface area contributed by atoms with Gasteiger partial charge in [0.15, 0.2) is 0 Å². The lowest BCUT2D eigenvalue weighted by atomic mass is 9.93. The van der Waals surface area contributed by atoms with E-state index in [2.05, 4.69) is 10.6 Å². The average Bonchev–Trinajstić information content (AvgIpc) is 3.11. The second kappa shape index (κ2) is 19.9. The van der Waals surface area contributed by atoms with Crippen LogP contribution in [0.2, 0.25) is 0 Å². The summed E-state index contributed by atoms with van der Waals surface area (Å²) in [5.74, 6) is -3.52. The summed E-state index contributed by atoms with van der Waals surface area (Å²) < 4.78 is 28.5. The number of carbonyl (C=O) groups excluding carboxylic acids is 2. The number of rotatable bonds is 19. The Bertz CT molecular complexity index is 1890. The number of amides is 2. The third-order valence-electron chi connectivity index (χ3n) is 8.55. The molecule has 2 atom stereocenters. The molecule has 280 valence electrons. The number of thioether (sulfide) groups is 2. The average molecular weight is 764 g/mol. The lowest BCUT2D eigenvalue weighted by molar-refractivity contribution is -0.140. The fourth-order valence-corrected chi connectivity index (χ4v) is 6.80. The summed E-state index contributed by atoms with van der Waals surface area (Å²) in [6.45, 7) is 2.68. The van der Waals surface area contributed by atoms with Crippen molar-refractivity contribution in [3.8, 4) is 11.1 Å². The van der Waals surface area contributed by atoms with E-state index in [1.54, 1.807) is 36.4 Å². The van der Waals surface area contributed by atoms with Crippen LogP contribution in [0.15, 0.2) is 84.9 Å². The Morgan fingerprint density at radius 3 is 1.75 bits per heavy atom. The van der Waals surface area contributed by atoms with Gasteiger partial charge in [0.2, 0.25) is 0 Å². The quantitative estimate of drug-likeness (QED) is 0.0795. The van der Waals surface area contributed by atoms with Gasteiger partial charge in [-0.05, 0) is 114 Å². The molecule has 13 heteroatoms. The van der Waals surface area contributed by atoms with Crippen molar-refractivity contribution in [2.24, 2.45) is 0 Å². The zero-order chi connectivity index (χ0) is 38.5. The molecule has 0 unspecified atom stereocenters. The molecular formula is C40H43F2N3O6S2. The van der Waals surface area contributed by atoms with Gasteiger partial charge in [0.25, 0.3) is 11.8 Å². The molecule has 2 amide bonds. The molecule has 0 saturated carbocycles. The van der Waals surface area contributed by atoms with Crippen molar-refractivity contribution in [1.82, 2.24) is 15.5 Å². The SMILES string of the molecule is CSCC[C@H](NC(=O)c1ccc(CN(Cc2cc(F)cc(F)c2)Cc2ccc(C(=O)N[C@@H](CCSC)C(=O)O)c(-c3ccccc3C)c2)cc1)C(=O)O. The van der Waals surface area contributed by atoms with Crippen molar-refractivity contribution in [2.45, 2.75) is 51.5 Å². The maximum Gasteiger partial charge on any atom is 0.326 e. The first-order chi connectivity index (χ1) is 25.4. The Morgan fingerprint density at radius 1 is 0.660 bits per heavy atom. The first kappa shape index (κ1) is 41.0. The minimum Gasteiger partial charge on any atom is -0.480 e. The summed E-state index contributed by atoms with van der Waals surface area (Å²) in [6, 6.07) is 20.8. The van der Waals surface area contributed by atoms with Gasteiger partial charge in [-0.25, -0.2) is 18.4 Å². The molecule has 0 aliphatic heterocycles. The number of nitrogens with one attached hydrogen (secondary N) is 2. The minimum absolute atomic E-state index is 0.157. The van der Waals surface area contributed by atoms with Crippen LogP contribution >= 0.6 is 23.5 Å². The molecule has 0 spiro atoms. The van der Waals surface area contributed by atoms with E-state index in [1.807, 2.05) is 54.7 Å².